The lowest BCUT2D eigenvalue weighted by atomic mass is 9.90. The van der Waals surface area contributed by atoms with Crippen molar-refractivity contribution in [2.45, 2.75) is 154 Å². The first-order valence-electron chi connectivity index (χ1n) is 33.5. The molecule has 4 aromatic carbocycles. The highest BCUT2D eigenvalue weighted by atomic mass is 32.1. The van der Waals surface area contributed by atoms with Crippen LogP contribution in [0, 0.1) is 11.8 Å². The highest BCUT2D eigenvalue weighted by Gasteiger charge is 2.42. The fourth-order valence-corrected chi connectivity index (χ4v) is 13.8. The van der Waals surface area contributed by atoms with E-state index in [2.05, 4.69) is 63.8 Å². The molecule has 4 aliphatic rings. The van der Waals surface area contributed by atoms with Gasteiger partial charge in [-0.05, 0) is 159 Å². The summed E-state index contributed by atoms with van der Waals surface area (Å²) in [5, 5.41) is 29.2. The van der Waals surface area contributed by atoms with Crippen molar-refractivity contribution in [2.75, 3.05) is 94.3 Å². The Morgan fingerprint density at radius 3 is 1.53 bits per heavy atom. The maximum absolute atomic E-state index is 14.4. The van der Waals surface area contributed by atoms with Crippen LogP contribution in [0.5, 0.6) is 11.5 Å². The van der Waals surface area contributed by atoms with E-state index in [9.17, 15) is 33.9 Å². The van der Waals surface area contributed by atoms with Crippen LogP contribution in [0.25, 0.3) is 44.1 Å². The second-order valence-corrected chi connectivity index (χ2v) is 28.5. The first-order chi connectivity index (χ1) is 46.4. The summed E-state index contributed by atoms with van der Waals surface area (Å²) < 4.78 is 44.0. The van der Waals surface area contributed by atoms with Gasteiger partial charge in [-0.3, -0.25) is 24.2 Å². The Hall–Kier alpha value is -7.52. The largest absolute Gasteiger partial charge is 0.490 e. The fourth-order valence-electron chi connectivity index (χ4n) is 12.0. The van der Waals surface area contributed by atoms with Crippen molar-refractivity contribution < 1.29 is 71.8 Å². The molecule has 25 heteroatoms. The normalized spacial score (nSPS) is 18.1. The van der Waals surface area contributed by atoms with Gasteiger partial charge >= 0.3 is 18.2 Å². The number of benzene rings is 4. The van der Waals surface area contributed by atoms with Crippen molar-refractivity contribution in [3.63, 3.8) is 0 Å². The summed E-state index contributed by atoms with van der Waals surface area (Å²) in [6.07, 6.45) is 5.22. The lowest BCUT2D eigenvalue weighted by Gasteiger charge is -2.36. The summed E-state index contributed by atoms with van der Waals surface area (Å²) in [6, 6.07) is 21.5. The molecule has 0 saturated carbocycles. The van der Waals surface area contributed by atoms with Crippen molar-refractivity contribution in [3.05, 3.63) is 93.6 Å². The molecule has 10 rings (SSSR count). The predicted octanol–water partition coefficient (Wildman–Crippen LogP) is 11.5. The Labute approximate surface area is 577 Å². The van der Waals surface area contributed by atoms with E-state index in [1.54, 1.807) is 74.0 Å². The molecule has 0 aliphatic carbocycles. The van der Waals surface area contributed by atoms with E-state index in [-0.39, 0.29) is 23.8 Å². The van der Waals surface area contributed by atoms with E-state index in [1.807, 2.05) is 40.6 Å². The number of rotatable bonds is 22. The van der Waals surface area contributed by atoms with Gasteiger partial charge in [-0.1, -0.05) is 60.7 Å². The average Bonchev–Trinajstić information content (AvgIpc) is 1.77. The summed E-state index contributed by atoms with van der Waals surface area (Å²) in [6.45, 7) is 19.3. The van der Waals surface area contributed by atoms with E-state index in [1.165, 1.54) is 65.9 Å². The Morgan fingerprint density at radius 2 is 1.07 bits per heavy atom. The number of fused-ring (bicyclic) bond motifs is 2. The van der Waals surface area contributed by atoms with Crippen LogP contribution in [0.1, 0.15) is 129 Å². The number of thiazole rings is 2. The molecular weight excluding hydrogens is 1280 g/mol. The van der Waals surface area contributed by atoms with Crippen LogP contribution in [-0.4, -0.2) is 195 Å². The predicted molar refractivity (Wildman–Crippen MR) is 374 cm³/mol. The summed E-state index contributed by atoms with van der Waals surface area (Å²) >= 11 is 3.27. The Kier molecular flexibility index (Phi) is 27.4. The number of amides is 5. The summed E-state index contributed by atoms with van der Waals surface area (Å²) in [7, 11) is 6.31. The van der Waals surface area contributed by atoms with Crippen LogP contribution in [0.2, 0.25) is 0 Å². The van der Waals surface area contributed by atoms with Crippen LogP contribution >= 0.6 is 22.7 Å². The van der Waals surface area contributed by atoms with Gasteiger partial charge in [-0.2, -0.15) is 0 Å². The van der Waals surface area contributed by atoms with Crippen molar-refractivity contribution in [3.8, 4) is 34.0 Å². The number of nitrogens with one attached hydrogen (secondary N) is 3. The molecule has 2 aromatic heterocycles. The number of carbonyl (C=O) groups excluding carboxylic acids is 5. The number of likely N-dealkylation sites (N-methyl/N-ethyl adjacent to an activating group) is 2. The van der Waals surface area contributed by atoms with Crippen LogP contribution in [0.4, 0.5) is 9.59 Å². The molecule has 4 saturated heterocycles. The second-order valence-electron chi connectivity index (χ2n) is 26.7. The average molecular weight is 1380 g/mol. The van der Waals surface area contributed by atoms with Gasteiger partial charge in [0.05, 0.1) is 47.8 Å². The minimum Gasteiger partial charge on any atom is -0.490 e. The Bertz CT molecular complexity index is 3590. The second kappa shape index (κ2) is 35.3. The number of nitrogens with zero attached hydrogens (tertiary/aromatic N) is 5. The molecule has 4 N–H and O–H groups in total. The van der Waals surface area contributed by atoms with Gasteiger partial charge in [0.15, 0.2) is 0 Å². The molecule has 0 unspecified atom stereocenters. The Morgan fingerprint density at radius 1 is 0.619 bits per heavy atom. The molecule has 23 nitrogen and oxygen atoms in total. The monoisotopic (exact) mass is 1380 g/mol. The molecule has 97 heavy (non-hydrogen) atoms. The lowest BCUT2D eigenvalue weighted by molar-refractivity contribution is -0.145. The molecule has 4 fully saturated rings. The number of hydrogen-bond donors (Lipinski definition) is 4. The molecule has 0 bridgehead atoms. The maximum Gasteiger partial charge on any atom is 0.410 e. The highest BCUT2D eigenvalue weighted by molar-refractivity contribution is 7.10. The van der Waals surface area contributed by atoms with Gasteiger partial charge in [0.25, 0.3) is 0 Å². The van der Waals surface area contributed by atoms with Crippen molar-refractivity contribution in [1.29, 1.82) is 0 Å². The number of aliphatic carboxylic acids is 1. The summed E-state index contributed by atoms with van der Waals surface area (Å²) in [5.74, 6) is -0.816. The molecule has 4 aliphatic heterocycles. The van der Waals surface area contributed by atoms with Crippen LogP contribution in [0.3, 0.4) is 0 Å². The third kappa shape index (κ3) is 20.5. The number of methoxy groups -OCH3 is 2. The van der Waals surface area contributed by atoms with Gasteiger partial charge < -0.3 is 63.9 Å². The summed E-state index contributed by atoms with van der Waals surface area (Å²) in [4.78, 5) is 91.0. The van der Waals surface area contributed by atoms with Crippen molar-refractivity contribution in [1.82, 2.24) is 40.6 Å². The number of likely N-dealkylation sites (tertiary alicyclic amines) is 1. The molecule has 528 valence electrons. The number of carboxylic acid groups (broad SMARTS) is 1. The van der Waals surface area contributed by atoms with Crippen LogP contribution in [-0.2, 0) is 47.6 Å². The SMILES string of the molecule is COCCOc1ccc2ccccc2c1-c1csc([C@@H]2CCCN2)n1.COCCOc1ccc2ccccc2c1-c1csc([C@@H]2CCCN2C(=O)[C@@H](NC(=O)[C@H](C)N(C)C(=O)OC(C)(C)C)C2CCOCC2)n1.C[C@@H](C(=O)N[C@H](C(=O)O)C1CCOCC1)N(C)C(=O)OC(C)(C)C. The van der Waals surface area contributed by atoms with Gasteiger partial charge in [-0.15, -0.1) is 22.7 Å². The molecule has 6 atom stereocenters. The van der Waals surface area contributed by atoms with E-state index in [0.29, 0.717) is 91.1 Å². The lowest BCUT2D eigenvalue weighted by Crippen LogP contribution is -2.57. The number of hydrogen-bond acceptors (Lipinski definition) is 19. The molecule has 0 radical (unpaired) electrons. The van der Waals surface area contributed by atoms with Crippen LogP contribution < -0.4 is 25.4 Å². The zero-order valence-corrected chi connectivity index (χ0v) is 59.8. The number of aromatic nitrogens is 2. The van der Waals surface area contributed by atoms with E-state index in [0.717, 1.165) is 74.1 Å². The third-order valence-corrected chi connectivity index (χ3v) is 19.4. The first kappa shape index (κ1) is 75.3. The third-order valence-electron chi connectivity index (χ3n) is 17.5. The van der Waals surface area contributed by atoms with Gasteiger partial charge in [-0.25, -0.2) is 24.4 Å². The molecule has 6 aromatic rings. The minimum atomic E-state index is -1.08. The molecular formula is C72H98N8O15S2. The first-order valence-corrected chi connectivity index (χ1v) is 35.3. The molecule has 5 amide bonds. The fraction of sp³-hybridized carbons (Fsp3) is 0.556. The van der Waals surface area contributed by atoms with Gasteiger partial charge in [0.2, 0.25) is 17.7 Å². The molecule has 0 spiro atoms. The summed E-state index contributed by atoms with van der Waals surface area (Å²) in [5.41, 5.74) is 2.42. The smallest absolute Gasteiger partial charge is 0.410 e. The van der Waals surface area contributed by atoms with Crippen LogP contribution in [0.15, 0.2) is 83.6 Å². The quantitative estimate of drug-likeness (QED) is 0.0460. The Balaban J connectivity index is 0.000000206. The minimum absolute atomic E-state index is 0.0928. The van der Waals surface area contributed by atoms with E-state index in [4.69, 9.17) is 47.9 Å². The maximum atomic E-state index is 14.4. The number of carboxylic acids is 1. The van der Waals surface area contributed by atoms with Gasteiger partial charge in [0.1, 0.15) is 70.1 Å². The van der Waals surface area contributed by atoms with E-state index >= 15 is 0 Å². The number of ether oxygens (including phenoxy) is 8. The standard InChI is InChI=1S/C36H48N4O7S.C20H22N2O2S.C16H28N2O6/c1-23(39(5)35(43)47-36(2,3)4)32(41)38-31(25-15-18-45-19-16-25)34(42)40-17-9-12-28(40)33-37-27(22-48-33)30-26-11-8-7-10-24(26)13-14-29(30)46-21-20-44-6;1-23-11-12-24-18-9-8-14-5-2-3-6-15(14)19(18)17-13-25-20(22-17)16-7-4-10-21-16;1-10(18(5)15(22)24-16(2,3)4)13(19)17-12(14(20)21)11-6-8-23-9-7-11/h7-8,10-11,13-14,22-23,25,28,31H,9,12,15-21H2,1-6H3,(H,38,41);2-3,5-6,8-9,13,16,21H,4,7,10-12H2,1H3;10-12H,6-9H2,1-5H3,(H,17,19)(H,20,21)/t23-,28-,31-;16-;10-,12-/m000/s1. The zero-order valence-electron chi connectivity index (χ0n) is 58.1. The van der Waals surface area contributed by atoms with Crippen molar-refractivity contribution in [2.24, 2.45) is 11.8 Å². The van der Waals surface area contributed by atoms with Crippen molar-refractivity contribution >= 4 is 80.1 Å². The highest BCUT2D eigenvalue weighted by Crippen LogP contribution is 2.43. The topological polar surface area (TPSA) is 268 Å². The van der Waals surface area contributed by atoms with E-state index < -0.39 is 65.3 Å². The van der Waals surface area contributed by atoms with Gasteiger partial charge in [0, 0.05) is 72.0 Å². The zero-order chi connectivity index (χ0) is 70.0. The molecule has 6 heterocycles. The number of carbonyl (C=O) groups is 6.